The standard InChI is InChI=1S/C15H19F2NO2/c1-10-4-6-15(20,7-5-10)9-18-14(19)11-2-3-12(16)13(17)8-11/h2-3,8,10,20H,4-7,9H2,1H3,(H,18,19). The highest BCUT2D eigenvalue weighted by Gasteiger charge is 2.32. The van der Waals surface area contributed by atoms with Crippen LogP contribution in [0.4, 0.5) is 8.78 Å². The number of nitrogens with one attached hydrogen (secondary N) is 1. The molecule has 0 atom stereocenters. The number of halogens is 2. The lowest BCUT2D eigenvalue weighted by Gasteiger charge is -2.34. The van der Waals surface area contributed by atoms with Gasteiger partial charge in [0.2, 0.25) is 0 Å². The second-order valence-electron chi connectivity index (χ2n) is 5.72. The van der Waals surface area contributed by atoms with Gasteiger partial charge in [-0.2, -0.15) is 0 Å². The van der Waals surface area contributed by atoms with Crippen LogP contribution in [0.3, 0.4) is 0 Å². The largest absolute Gasteiger partial charge is 0.388 e. The van der Waals surface area contributed by atoms with E-state index in [1.54, 1.807) is 0 Å². The van der Waals surface area contributed by atoms with Gasteiger partial charge in [0, 0.05) is 12.1 Å². The Hall–Kier alpha value is -1.49. The van der Waals surface area contributed by atoms with Crippen LogP contribution < -0.4 is 5.32 Å². The first-order valence-corrected chi connectivity index (χ1v) is 6.85. The maximum absolute atomic E-state index is 13.0. The van der Waals surface area contributed by atoms with Gasteiger partial charge in [-0.25, -0.2) is 8.78 Å². The molecule has 0 aromatic heterocycles. The summed E-state index contributed by atoms with van der Waals surface area (Å²) in [5.74, 6) is -1.95. The highest BCUT2D eigenvalue weighted by Crippen LogP contribution is 2.31. The fraction of sp³-hybridized carbons (Fsp3) is 0.533. The molecule has 0 aliphatic heterocycles. The van der Waals surface area contributed by atoms with Crippen LogP contribution in [0.5, 0.6) is 0 Å². The molecule has 110 valence electrons. The average molecular weight is 283 g/mol. The van der Waals surface area contributed by atoms with Crippen molar-refractivity contribution in [2.45, 2.75) is 38.2 Å². The van der Waals surface area contributed by atoms with Crippen molar-refractivity contribution >= 4 is 5.91 Å². The van der Waals surface area contributed by atoms with Crippen LogP contribution in [-0.4, -0.2) is 23.2 Å². The summed E-state index contributed by atoms with van der Waals surface area (Å²) in [5, 5.41) is 12.9. The predicted molar refractivity (Wildman–Crippen MR) is 71.3 cm³/mol. The maximum Gasteiger partial charge on any atom is 0.251 e. The van der Waals surface area contributed by atoms with E-state index in [0.717, 1.165) is 25.0 Å². The van der Waals surface area contributed by atoms with Crippen molar-refractivity contribution in [2.75, 3.05) is 6.54 Å². The summed E-state index contributed by atoms with van der Waals surface area (Å²) < 4.78 is 25.8. The van der Waals surface area contributed by atoms with Gasteiger partial charge in [-0.15, -0.1) is 0 Å². The number of amides is 1. The van der Waals surface area contributed by atoms with E-state index in [1.807, 2.05) is 0 Å². The second-order valence-corrected chi connectivity index (χ2v) is 5.72. The Labute approximate surface area is 117 Å². The van der Waals surface area contributed by atoms with Crippen LogP contribution >= 0.6 is 0 Å². The Morgan fingerprint density at radius 2 is 2.00 bits per heavy atom. The molecule has 1 amide bonds. The van der Waals surface area contributed by atoms with E-state index in [1.165, 1.54) is 6.07 Å². The van der Waals surface area contributed by atoms with Gasteiger partial charge in [-0.1, -0.05) is 6.92 Å². The van der Waals surface area contributed by atoms with Gasteiger partial charge in [-0.3, -0.25) is 4.79 Å². The Morgan fingerprint density at radius 3 is 2.60 bits per heavy atom. The number of hydrogen-bond acceptors (Lipinski definition) is 2. The minimum Gasteiger partial charge on any atom is -0.388 e. The Kier molecular flexibility index (Phi) is 4.38. The summed E-state index contributed by atoms with van der Waals surface area (Å²) in [5.41, 5.74) is -0.836. The third kappa shape index (κ3) is 3.54. The monoisotopic (exact) mass is 283 g/mol. The van der Waals surface area contributed by atoms with Crippen LogP contribution in [0.15, 0.2) is 18.2 Å². The Balaban J connectivity index is 1.93. The van der Waals surface area contributed by atoms with E-state index < -0.39 is 23.1 Å². The van der Waals surface area contributed by atoms with E-state index in [0.29, 0.717) is 18.8 Å². The molecule has 0 radical (unpaired) electrons. The van der Waals surface area contributed by atoms with Crippen molar-refractivity contribution in [2.24, 2.45) is 5.92 Å². The molecule has 0 saturated heterocycles. The number of benzene rings is 1. The van der Waals surface area contributed by atoms with Crippen LogP contribution in [-0.2, 0) is 0 Å². The molecule has 1 fully saturated rings. The smallest absolute Gasteiger partial charge is 0.251 e. The van der Waals surface area contributed by atoms with Crippen LogP contribution in [0.2, 0.25) is 0 Å². The molecule has 1 saturated carbocycles. The Bertz CT molecular complexity index is 497. The number of rotatable bonds is 3. The number of carbonyl (C=O) groups is 1. The highest BCUT2D eigenvalue weighted by molar-refractivity contribution is 5.94. The van der Waals surface area contributed by atoms with Gasteiger partial charge in [0.05, 0.1) is 5.60 Å². The predicted octanol–water partition coefficient (Wildman–Crippen LogP) is 2.64. The SMILES string of the molecule is CC1CCC(O)(CNC(=O)c2ccc(F)c(F)c2)CC1. The van der Waals surface area contributed by atoms with Crippen LogP contribution in [0.1, 0.15) is 43.0 Å². The molecule has 0 bridgehead atoms. The van der Waals surface area contributed by atoms with Gasteiger partial charge in [0.1, 0.15) is 0 Å². The molecule has 0 spiro atoms. The summed E-state index contributed by atoms with van der Waals surface area (Å²) >= 11 is 0. The molecule has 0 unspecified atom stereocenters. The summed E-state index contributed by atoms with van der Waals surface area (Å²) in [6.07, 6.45) is 3.15. The molecule has 5 heteroatoms. The second kappa shape index (κ2) is 5.87. The van der Waals surface area contributed by atoms with E-state index in [2.05, 4.69) is 12.2 Å². The molecule has 1 aliphatic carbocycles. The molecule has 1 aromatic rings. The molecule has 2 N–H and O–H groups in total. The first-order valence-electron chi connectivity index (χ1n) is 6.85. The molecule has 0 heterocycles. The number of hydrogen-bond donors (Lipinski definition) is 2. The van der Waals surface area contributed by atoms with Crippen molar-refractivity contribution in [3.05, 3.63) is 35.4 Å². The van der Waals surface area contributed by atoms with Crippen molar-refractivity contribution in [3.8, 4) is 0 Å². The maximum atomic E-state index is 13.0. The summed E-state index contributed by atoms with van der Waals surface area (Å²) in [4.78, 5) is 11.8. The third-order valence-corrected chi connectivity index (χ3v) is 3.96. The molecule has 1 aromatic carbocycles. The van der Waals surface area contributed by atoms with E-state index in [4.69, 9.17) is 0 Å². The zero-order chi connectivity index (χ0) is 14.8. The first-order chi connectivity index (χ1) is 9.39. The lowest BCUT2D eigenvalue weighted by Crippen LogP contribution is -2.45. The zero-order valence-corrected chi connectivity index (χ0v) is 11.5. The highest BCUT2D eigenvalue weighted by atomic mass is 19.2. The molecule has 2 rings (SSSR count). The summed E-state index contributed by atoms with van der Waals surface area (Å²) in [7, 11) is 0. The number of carbonyl (C=O) groups excluding carboxylic acids is 1. The summed E-state index contributed by atoms with van der Waals surface area (Å²) in [6.45, 7) is 2.27. The molecule has 1 aliphatic rings. The van der Waals surface area contributed by atoms with Gasteiger partial charge < -0.3 is 10.4 Å². The van der Waals surface area contributed by atoms with Crippen molar-refractivity contribution in [1.29, 1.82) is 0 Å². The summed E-state index contributed by atoms with van der Waals surface area (Å²) in [6, 6.07) is 3.00. The van der Waals surface area contributed by atoms with E-state index >= 15 is 0 Å². The molecule has 20 heavy (non-hydrogen) atoms. The van der Waals surface area contributed by atoms with Gasteiger partial charge in [0.15, 0.2) is 11.6 Å². The molecule has 3 nitrogen and oxygen atoms in total. The average Bonchev–Trinajstić information content (AvgIpc) is 2.43. The normalized spacial score (nSPS) is 26.3. The van der Waals surface area contributed by atoms with Crippen LogP contribution in [0, 0.1) is 17.6 Å². The van der Waals surface area contributed by atoms with E-state index in [9.17, 15) is 18.7 Å². The fourth-order valence-electron chi connectivity index (χ4n) is 2.46. The first kappa shape index (κ1) is 14.9. The van der Waals surface area contributed by atoms with E-state index in [-0.39, 0.29) is 12.1 Å². The molecular formula is C15H19F2NO2. The lowest BCUT2D eigenvalue weighted by molar-refractivity contribution is -0.00540. The van der Waals surface area contributed by atoms with Crippen LogP contribution in [0.25, 0.3) is 0 Å². The quantitative estimate of drug-likeness (QED) is 0.896. The van der Waals surface area contributed by atoms with Gasteiger partial charge >= 0.3 is 0 Å². The van der Waals surface area contributed by atoms with Gasteiger partial charge in [-0.05, 0) is 49.8 Å². The Morgan fingerprint density at radius 1 is 1.35 bits per heavy atom. The lowest BCUT2D eigenvalue weighted by atomic mass is 9.79. The van der Waals surface area contributed by atoms with Crippen molar-refractivity contribution in [1.82, 2.24) is 5.32 Å². The fourth-order valence-corrected chi connectivity index (χ4v) is 2.46. The van der Waals surface area contributed by atoms with Crippen molar-refractivity contribution in [3.63, 3.8) is 0 Å². The minimum absolute atomic E-state index is 0.0525. The van der Waals surface area contributed by atoms with Gasteiger partial charge in [0.25, 0.3) is 5.91 Å². The van der Waals surface area contributed by atoms with Crippen molar-refractivity contribution < 1.29 is 18.7 Å². The minimum atomic E-state index is -1.05. The molecular weight excluding hydrogens is 264 g/mol. The zero-order valence-electron chi connectivity index (χ0n) is 11.5. The number of aliphatic hydroxyl groups is 1. The third-order valence-electron chi connectivity index (χ3n) is 3.96. The topological polar surface area (TPSA) is 49.3 Å².